The molecular formula is C12H13Cl2N3. The molecular weight excluding hydrogens is 257 g/mol. The number of anilines is 1. The van der Waals surface area contributed by atoms with Gasteiger partial charge in [0.2, 0.25) is 0 Å². The van der Waals surface area contributed by atoms with Gasteiger partial charge in [0.05, 0.1) is 18.6 Å². The van der Waals surface area contributed by atoms with Gasteiger partial charge in [-0.25, -0.2) is 4.98 Å². The van der Waals surface area contributed by atoms with E-state index in [0.717, 1.165) is 24.5 Å². The number of nitrogens with zero attached hydrogens (tertiary/aromatic N) is 2. The van der Waals surface area contributed by atoms with Crippen LogP contribution in [0.5, 0.6) is 0 Å². The molecule has 0 bridgehead atoms. The van der Waals surface area contributed by atoms with Crippen molar-refractivity contribution < 1.29 is 0 Å². The number of aromatic amines is 1. The maximum absolute atomic E-state index is 6.00. The van der Waals surface area contributed by atoms with Gasteiger partial charge in [-0.3, -0.25) is 0 Å². The van der Waals surface area contributed by atoms with Crippen molar-refractivity contribution in [3.63, 3.8) is 0 Å². The summed E-state index contributed by atoms with van der Waals surface area (Å²) >= 11 is 12.0. The third-order valence-corrected chi connectivity index (χ3v) is 2.95. The number of aromatic nitrogens is 2. The molecule has 2 aromatic rings. The van der Waals surface area contributed by atoms with Crippen molar-refractivity contribution in [2.45, 2.75) is 13.5 Å². The van der Waals surface area contributed by atoms with Gasteiger partial charge in [-0.05, 0) is 25.1 Å². The third-order valence-electron chi connectivity index (χ3n) is 2.51. The summed E-state index contributed by atoms with van der Waals surface area (Å²) in [6.07, 6.45) is 3.49. The van der Waals surface area contributed by atoms with E-state index in [9.17, 15) is 0 Å². The van der Waals surface area contributed by atoms with Gasteiger partial charge in [-0.2, -0.15) is 0 Å². The zero-order chi connectivity index (χ0) is 12.3. The molecule has 0 radical (unpaired) electrons. The van der Waals surface area contributed by atoms with Crippen LogP contribution in [0.15, 0.2) is 30.7 Å². The second-order valence-corrected chi connectivity index (χ2v) is 4.59. The Balaban J connectivity index is 2.22. The summed E-state index contributed by atoms with van der Waals surface area (Å²) in [6, 6.07) is 5.55. The summed E-state index contributed by atoms with van der Waals surface area (Å²) in [7, 11) is 0. The van der Waals surface area contributed by atoms with E-state index in [1.54, 1.807) is 12.4 Å². The molecule has 5 heteroatoms. The highest BCUT2D eigenvalue weighted by atomic mass is 35.5. The van der Waals surface area contributed by atoms with Gasteiger partial charge in [0.25, 0.3) is 0 Å². The summed E-state index contributed by atoms with van der Waals surface area (Å²) in [4.78, 5) is 9.26. The van der Waals surface area contributed by atoms with Crippen LogP contribution in [0, 0.1) is 0 Å². The molecule has 0 aliphatic heterocycles. The highest BCUT2D eigenvalue weighted by Gasteiger charge is 2.08. The molecule has 0 aliphatic carbocycles. The normalized spacial score (nSPS) is 10.5. The lowest BCUT2D eigenvalue weighted by Crippen LogP contribution is -2.22. The van der Waals surface area contributed by atoms with Gasteiger partial charge in [-0.1, -0.05) is 23.2 Å². The Morgan fingerprint density at radius 3 is 2.47 bits per heavy atom. The first-order valence-corrected chi connectivity index (χ1v) is 6.13. The lowest BCUT2D eigenvalue weighted by Gasteiger charge is -2.22. The SMILES string of the molecule is CCN(Cc1cnc[nH]1)c1cc(Cl)cc(Cl)c1. The molecule has 0 spiro atoms. The van der Waals surface area contributed by atoms with Gasteiger partial charge in [0.15, 0.2) is 0 Å². The number of hydrogen-bond acceptors (Lipinski definition) is 2. The Morgan fingerprint density at radius 2 is 1.94 bits per heavy atom. The third kappa shape index (κ3) is 3.14. The van der Waals surface area contributed by atoms with Crippen LogP contribution in [0.1, 0.15) is 12.6 Å². The minimum absolute atomic E-state index is 0.649. The van der Waals surface area contributed by atoms with Gasteiger partial charge >= 0.3 is 0 Å². The topological polar surface area (TPSA) is 31.9 Å². The molecule has 0 atom stereocenters. The van der Waals surface area contributed by atoms with Crippen LogP contribution < -0.4 is 4.90 Å². The van der Waals surface area contributed by atoms with E-state index < -0.39 is 0 Å². The second-order valence-electron chi connectivity index (χ2n) is 3.72. The van der Waals surface area contributed by atoms with Crippen LogP contribution in [0.2, 0.25) is 10.0 Å². The highest BCUT2D eigenvalue weighted by molar-refractivity contribution is 6.35. The van der Waals surface area contributed by atoms with E-state index in [1.807, 2.05) is 18.3 Å². The minimum Gasteiger partial charge on any atom is -0.366 e. The van der Waals surface area contributed by atoms with E-state index in [4.69, 9.17) is 23.2 Å². The van der Waals surface area contributed by atoms with Gasteiger partial charge in [0, 0.05) is 28.5 Å². The van der Waals surface area contributed by atoms with Crippen molar-refractivity contribution in [2.24, 2.45) is 0 Å². The Hall–Kier alpha value is -1.19. The quantitative estimate of drug-likeness (QED) is 0.917. The molecule has 1 aromatic carbocycles. The summed E-state index contributed by atoms with van der Waals surface area (Å²) in [6.45, 7) is 3.72. The molecule has 1 heterocycles. The summed E-state index contributed by atoms with van der Waals surface area (Å²) in [5.74, 6) is 0. The Labute approximate surface area is 110 Å². The fourth-order valence-electron chi connectivity index (χ4n) is 1.68. The summed E-state index contributed by atoms with van der Waals surface area (Å²) in [5, 5.41) is 1.30. The van der Waals surface area contributed by atoms with Crippen LogP contribution in [0.25, 0.3) is 0 Å². The van der Waals surface area contributed by atoms with Crippen molar-refractivity contribution in [1.29, 1.82) is 0 Å². The van der Waals surface area contributed by atoms with Crippen LogP contribution >= 0.6 is 23.2 Å². The summed E-state index contributed by atoms with van der Waals surface area (Å²) < 4.78 is 0. The van der Waals surface area contributed by atoms with Crippen molar-refractivity contribution in [2.75, 3.05) is 11.4 Å². The zero-order valence-corrected chi connectivity index (χ0v) is 11.0. The van der Waals surface area contributed by atoms with Gasteiger partial charge in [-0.15, -0.1) is 0 Å². The molecule has 0 unspecified atom stereocenters. The van der Waals surface area contributed by atoms with Gasteiger partial charge < -0.3 is 9.88 Å². The maximum atomic E-state index is 6.00. The minimum atomic E-state index is 0.649. The number of imidazole rings is 1. The fourth-order valence-corrected chi connectivity index (χ4v) is 2.20. The predicted molar refractivity (Wildman–Crippen MR) is 71.8 cm³/mol. The first-order valence-electron chi connectivity index (χ1n) is 5.37. The Kier molecular flexibility index (Phi) is 3.92. The van der Waals surface area contributed by atoms with E-state index in [2.05, 4.69) is 21.8 Å². The van der Waals surface area contributed by atoms with Crippen LogP contribution in [0.3, 0.4) is 0 Å². The predicted octanol–water partition coefficient (Wildman–Crippen LogP) is 3.74. The van der Waals surface area contributed by atoms with Crippen LogP contribution in [-0.4, -0.2) is 16.5 Å². The first-order chi connectivity index (χ1) is 8.19. The van der Waals surface area contributed by atoms with E-state index in [0.29, 0.717) is 10.0 Å². The average molecular weight is 270 g/mol. The zero-order valence-electron chi connectivity index (χ0n) is 9.45. The molecule has 0 saturated carbocycles. The maximum Gasteiger partial charge on any atom is 0.0922 e. The Morgan fingerprint density at radius 1 is 1.24 bits per heavy atom. The molecule has 0 amide bonds. The standard InChI is InChI=1S/C12H13Cl2N3/c1-2-17(7-11-6-15-8-16-11)12-4-9(13)3-10(14)5-12/h3-6,8H,2,7H2,1H3,(H,15,16). The smallest absolute Gasteiger partial charge is 0.0922 e. The van der Waals surface area contributed by atoms with Gasteiger partial charge in [0.1, 0.15) is 0 Å². The number of rotatable bonds is 4. The largest absolute Gasteiger partial charge is 0.366 e. The lowest BCUT2D eigenvalue weighted by atomic mass is 10.2. The number of hydrogen-bond donors (Lipinski definition) is 1. The molecule has 0 aliphatic rings. The molecule has 1 N–H and O–H groups in total. The van der Waals surface area contributed by atoms with Crippen LogP contribution in [0.4, 0.5) is 5.69 Å². The average Bonchev–Trinajstić information content (AvgIpc) is 2.77. The number of benzene rings is 1. The molecule has 2 rings (SSSR count). The molecule has 0 fully saturated rings. The number of halogens is 2. The molecule has 1 aromatic heterocycles. The van der Waals surface area contributed by atoms with Crippen LogP contribution in [-0.2, 0) is 6.54 Å². The van der Waals surface area contributed by atoms with E-state index in [-0.39, 0.29) is 0 Å². The molecule has 17 heavy (non-hydrogen) atoms. The monoisotopic (exact) mass is 269 g/mol. The fraction of sp³-hybridized carbons (Fsp3) is 0.250. The van der Waals surface area contributed by atoms with E-state index in [1.165, 1.54) is 0 Å². The number of nitrogens with one attached hydrogen (secondary N) is 1. The molecule has 3 nitrogen and oxygen atoms in total. The van der Waals surface area contributed by atoms with Crippen molar-refractivity contribution in [3.05, 3.63) is 46.5 Å². The lowest BCUT2D eigenvalue weighted by molar-refractivity contribution is 0.815. The van der Waals surface area contributed by atoms with Crippen molar-refractivity contribution >= 4 is 28.9 Å². The summed E-state index contributed by atoms with van der Waals surface area (Å²) in [5.41, 5.74) is 2.07. The second kappa shape index (κ2) is 5.43. The van der Waals surface area contributed by atoms with Crippen molar-refractivity contribution in [3.8, 4) is 0 Å². The van der Waals surface area contributed by atoms with Crippen molar-refractivity contribution in [1.82, 2.24) is 9.97 Å². The first kappa shape index (κ1) is 12.3. The van der Waals surface area contributed by atoms with E-state index >= 15 is 0 Å². The molecule has 0 saturated heterocycles. The highest BCUT2D eigenvalue weighted by Crippen LogP contribution is 2.26. The molecule has 90 valence electrons. The number of H-pyrrole nitrogens is 1. The Bertz CT molecular complexity index is 462.